The summed E-state index contributed by atoms with van der Waals surface area (Å²) < 4.78 is 10.7. The zero-order valence-corrected chi connectivity index (χ0v) is 11.1. The second kappa shape index (κ2) is 5.38. The molecule has 0 aromatic heterocycles. The molecule has 0 aliphatic heterocycles. The molecule has 0 bridgehead atoms. The lowest BCUT2D eigenvalue weighted by Crippen LogP contribution is -2.47. The normalized spacial score (nSPS) is 19.1. The SMILES string of the molecule is CCC(COC)(C(S)OC)C(C)(C)C. The number of thiol groups is 1. The van der Waals surface area contributed by atoms with Crippen LogP contribution in [-0.4, -0.2) is 26.3 Å². The van der Waals surface area contributed by atoms with Crippen LogP contribution in [0.5, 0.6) is 0 Å². The van der Waals surface area contributed by atoms with Gasteiger partial charge in [-0.1, -0.05) is 27.7 Å². The quantitative estimate of drug-likeness (QED) is 0.567. The van der Waals surface area contributed by atoms with Crippen molar-refractivity contribution in [2.24, 2.45) is 10.8 Å². The van der Waals surface area contributed by atoms with Crippen LogP contribution in [0.2, 0.25) is 0 Å². The van der Waals surface area contributed by atoms with Crippen LogP contribution in [0.15, 0.2) is 0 Å². The van der Waals surface area contributed by atoms with Crippen molar-refractivity contribution in [1.29, 1.82) is 0 Å². The maximum absolute atomic E-state index is 5.37. The van der Waals surface area contributed by atoms with Crippen LogP contribution in [0, 0.1) is 10.8 Å². The Morgan fingerprint density at radius 1 is 1.21 bits per heavy atom. The second-order valence-electron chi connectivity index (χ2n) is 4.78. The summed E-state index contributed by atoms with van der Waals surface area (Å²) in [4.78, 5) is 0. The molecule has 86 valence electrons. The van der Waals surface area contributed by atoms with Gasteiger partial charge in [0.1, 0.15) is 5.44 Å². The molecular weight excluding hydrogens is 196 g/mol. The standard InChI is InChI=1S/C11H24O2S/c1-7-11(8-12-5,9(14)13-6)10(2,3)4/h9,14H,7-8H2,1-6H3. The van der Waals surface area contributed by atoms with Crippen LogP contribution in [0.1, 0.15) is 34.1 Å². The van der Waals surface area contributed by atoms with Crippen molar-refractivity contribution in [3.63, 3.8) is 0 Å². The first-order valence-corrected chi connectivity index (χ1v) is 5.57. The van der Waals surface area contributed by atoms with Gasteiger partial charge in [-0.2, -0.15) is 0 Å². The van der Waals surface area contributed by atoms with E-state index in [1.165, 1.54) is 0 Å². The molecular formula is C11H24O2S. The summed E-state index contributed by atoms with van der Waals surface area (Å²) in [5.74, 6) is 0. The maximum Gasteiger partial charge on any atom is 0.108 e. The first kappa shape index (κ1) is 14.3. The molecule has 0 radical (unpaired) electrons. The van der Waals surface area contributed by atoms with Gasteiger partial charge in [-0.05, 0) is 11.8 Å². The predicted octanol–water partition coefficient (Wildman–Crippen LogP) is 2.98. The monoisotopic (exact) mass is 220 g/mol. The maximum atomic E-state index is 5.37. The highest BCUT2D eigenvalue weighted by molar-refractivity contribution is 7.80. The highest BCUT2D eigenvalue weighted by Gasteiger charge is 2.45. The molecule has 0 saturated carbocycles. The average molecular weight is 220 g/mol. The van der Waals surface area contributed by atoms with Gasteiger partial charge >= 0.3 is 0 Å². The number of rotatable bonds is 5. The first-order chi connectivity index (χ1) is 6.35. The van der Waals surface area contributed by atoms with Gasteiger partial charge in [0, 0.05) is 19.6 Å². The number of methoxy groups -OCH3 is 2. The lowest BCUT2D eigenvalue weighted by molar-refractivity contribution is -0.0780. The van der Waals surface area contributed by atoms with Gasteiger partial charge in [-0.25, -0.2) is 0 Å². The minimum absolute atomic E-state index is 0.0421. The molecule has 14 heavy (non-hydrogen) atoms. The lowest BCUT2D eigenvalue weighted by Gasteiger charge is -2.46. The zero-order chi connectivity index (χ0) is 11.4. The molecule has 0 N–H and O–H groups in total. The highest BCUT2D eigenvalue weighted by Crippen LogP contribution is 2.46. The molecule has 0 aliphatic rings. The molecule has 0 spiro atoms. The minimum Gasteiger partial charge on any atom is -0.384 e. The third-order valence-electron chi connectivity index (χ3n) is 3.22. The van der Waals surface area contributed by atoms with Crippen LogP contribution in [0.25, 0.3) is 0 Å². The summed E-state index contributed by atoms with van der Waals surface area (Å²) in [6.45, 7) is 9.45. The van der Waals surface area contributed by atoms with E-state index < -0.39 is 0 Å². The first-order valence-electron chi connectivity index (χ1n) is 5.05. The Balaban J connectivity index is 4.97. The molecule has 0 amide bonds. The molecule has 0 aromatic carbocycles. The summed E-state index contributed by atoms with van der Waals surface area (Å²) in [5.41, 5.74) is -0.0211. The van der Waals surface area contributed by atoms with Gasteiger partial charge in [-0.15, -0.1) is 12.6 Å². The van der Waals surface area contributed by atoms with Crippen LogP contribution < -0.4 is 0 Å². The fourth-order valence-corrected chi connectivity index (χ4v) is 2.59. The number of hydrogen-bond acceptors (Lipinski definition) is 3. The Labute approximate surface area is 93.8 Å². The topological polar surface area (TPSA) is 18.5 Å². The molecule has 0 fully saturated rings. The number of ether oxygens (including phenoxy) is 2. The van der Waals surface area contributed by atoms with Crippen molar-refractivity contribution in [3.05, 3.63) is 0 Å². The summed E-state index contributed by atoms with van der Waals surface area (Å²) in [6, 6.07) is 0. The van der Waals surface area contributed by atoms with Gasteiger partial charge in [0.15, 0.2) is 0 Å². The van der Waals surface area contributed by atoms with Crippen molar-refractivity contribution in [1.82, 2.24) is 0 Å². The van der Waals surface area contributed by atoms with E-state index in [0.717, 1.165) is 6.42 Å². The largest absolute Gasteiger partial charge is 0.384 e. The van der Waals surface area contributed by atoms with Gasteiger partial charge in [0.2, 0.25) is 0 Å². The van der Waals surface area contributed by atoms with Gasteiger partial charge < -0.3 is 9.47 Å². The van der Waals surface area contributed by atoms with Crippen molar-refractivity contribution >= 4 is 12.6 Å². The van der Waals surface area contributed by atoms with Gasteiger partial charge in [-0.3, -0.25) is 0 Å². The van der Waals surface area contributed by atoms with Crippen LogP contribution in [0.3, 0.4) is 0 Å². The summed E-state index contributed by atoms with van der Waals surface area (Å²) in [6.07, 6.45) is 0.992. The van der Waals surface area contributed by atoms with E-state index in [1.807, 2.05) is 0 Å². The third-order valence-corrected chi connectivity index (χ3v) is 3.93. The Morgan fingerprint density at radius 3 is 1.93 bits per heavy atom. The third kappa shape index (κ3) is 2.65. The Hall–Kier alpha value is 0.270. The Morgan fingerprint density at radius 2 is 1.71 bits per heavy atom. The van der Waals surface area contributed by atoms with E-state index >= 15 is 0 Å². The van der Waals surface area contributed by atoms with Crippen LogP contribution >= 0.6 is 12.6 Å². The second-order valence-corrected chi connectivity index (χ2v) is 5.25. The minimum atomic E-state index is -0.0903. The van der Waals surface area contributed by atoms with Crippen molar-refractivity contribution in [2.75, 3.05) is 20.8 Å². The van der Waals surface area contributed by atoms with Crippen molar-refractivity contribution in [2.45, 2.75) is 39.6 Å². The predicted molar refractivity (Wildman–Crippen MR) is 63.8 cm³/mol. The molecule has 2 atom stereocenters. The molecule has 0 saturated heterocycles. The van der Waals surface area contributed by atoms with E-state index in [0.29, 0.717) is 6.61 Å². The van der Waals surface area contributed by atoms with E-state index in [4.69, 9.17) is 9.47 Å². The van der Waals surface area contributed by atoms with Crippen LogP contribution in [-0.2, 0) is 9.47 Å². The van der Waals surface area contributed by atoms with Crippen molar-refractivity contribution in [3.8, 4) is 0 Å². The summed E-state index contributed by atoms with van der Waals surface area (Å²) >= 11 is 4.52. The number of hydrogen-bond donors (Lipinski definition) is 1. The molecule has 0 heterocycles. The molecule has 0 aliphatic carbocycles. The zero-order valence-electron chi connectivity index (χ0n) is 10.3. The van der Waals surface area contributed by atoms with E-state index in [9.17, 15) is 0 Å². The van der Waals surface area contributed by atoms with E-state index in [-0.39, 0.29) is 16.3 Å². The van der Waals surface area contributed by atoms with Crippen molar-refractivity contribution < 1.29 is 9.47 Å². The van der Waals surface area contributed by atoms with Gasteiger partial charge in [0.05, 0.1) is 6.61 Å². The smallest absolute Gasteiger partial charge is 0.108 e. The summed E-state index contributed by atoms with van der Waals surface area (Å²) in [7, 11) is 3.43. The Kier molecular flexibility index (Phi) is 5.48. The fraction of sp³-hybridized carbons (Fsp3) is 1.00. The lowest BCUT2D eigenvalue weighted by atomic mass is 9.65. The van der Waals surface area contributed by atoms with Gasteiger partial charge in [0.25, 0.3) is 0 Å². The molecule has 3 heteroatoms. The highest BCUT2D eigenvalue weighted by atomic mass is 32.1. The van der Waals surface area contributed by atoms with Crippen LogP contribution in [0.4, 0.5) is 0 Å². The fourth-order valence-electron chi connectivity index (χ4n) is 1.95. The molecule has 0 aromatic rings. The molecule has 2 unspecified atom stereocenters. The average Bonchev–Trinajstić information content (AvgIpc) is 2.11. The van der Waals surface area contributed by atoms with E-state index in [1.54, 1.807) is 14.2 Å². The molecule has 0 rings (SSSR count). The molecule has 2 nitrogen and oxygen atoms in total. The van der Waals surface area contributed by atoms with E-state index in [2.05, 4.69) is 40.3 Å². The summed E-state index contributed by atoms with van der Waals surface area (Å²) in [5, 5.41) is 0. The Bertz CT molecular complexity index is 165.